The highest BCUT2D eigenvalue weighted by Crippen LogP contribution is 2.15. The van der Waals surface area contributed by atoms with Crippen LogP contribution in [0.3, 0.4) is 0 Å². The first-order valence-electron chi connectivity index (χ1n) is 6.72. The molecular formula is C13H27NO3. The van der Waals surface area contributed by atoms with Crippen LogP contribution in [0.4, 0.5) is 0 Å². The maximum Gasteiger partial charge on any atom is 0.0671 e. The normalized spacial score (nSPS) is 19.4. The zero-order chi connectivity index (χ0) is 12.3. The lowest BCUT2D eigenvalue weighted by Crippen LogP contribution is -2.30. The van der Waals surface area contributed by atoms with Gasteiger partial charge in [0.15, 0.2) is 0 Å². The van der Waals surface area contributed by atoms with E-state index in [0.29, 0.717) is 12.0 Å². The van der Waals surface area contributed by atoms with Crippen LogP contribution in [-0.4, -0.2) is 52.7 Å². The highest BCUT2D eigenvalue weighted by molar-refractivity contribution is 4.64. The van der Waals surface area contributed by atoms with Crippen LogP contribution in [0.2, 0.25) is 0 Å². The lowest BCUT2D eigenvalue weighted by atomic mass is 10.0. The van der Waals surface area contributed by atoms with Crippen LogP contribution in [0.5, 0.6) is 0 Å². The first kappa shape index (κ1) is 14.9. The predicted molar refractivity (Wildman–Crippen MR) is 68.3 cm³/mol. The molecule has 0 aromatic rings. The number of hydrogen-bond donors (Lipinski definition) is 1. The Morgan fingerprint density at radius 3 is 2.82 bits per heavy atom. The second-order valence-electron chi connectivity index (χ2n) is 4.75. The van der Waals surface area contributed by atoms with Gasteiger partial charge in [0.05, 0.1) is 6.10 Å². The Morgan fingerprint density at radius 2 is 2.12 bits per heavy atom. The molecule has 1 aliphatic heterocycles. The van der Waals surface area contributed by atoms with Gasteiger partial charge in [0.1, 0.15) is 0 Å². The molecule has 0 aliphatic carbocycles. The van der Waals surface area contributed by atoms with Crippen molar-refractivity contribution in [1.82, 2.24) is 5.32 Å². The van der Waals surface area contributed by atoms with E-state index in [0.717, 1.165) is 58.8 Å². The first-order chi connectivity index (χ1) is 8.33. The Kier molecular flexibility index (Phi) is 8.61. The van der Waals surface area contributed by atoms with Gasteiger partial charge in [-0.2, -0.15) is 0 Å². The molecule has 0 aromatic heterocycles. The first-order valence-corrected chi connectivity index (χ1v) is 6.72. The molecule has 1 atom stereocenters. The van der Waals surface area contributed by atoms with Gasteiger partial charge in [-0.1, -0.05) is 0 Å². The van der Waals surface area contributed by atoms with E-state index >= 15 is 0 Å². The second-order valence-corrected chi connectivity index (χ2v) is 4.75. The number of hydrogen-bond acceptors (Lipinski definition) is 4. The van der Waals surface area contributed by atoms with E-state index in [-0.39, 0.29) is 0 Å². The van der Waals surface area contributed by atoms with Crippen molar-refractivity contribution in [3.05, 3.63) is 0 Å². The van der Waals surface area contributed by atoms with Crippen molar-refractivity contribution in [2.24, 2.45) is 5.92 Å². The van der Waals surface area contributed by atoms with Gasteiger partial charge in [0, 0.05) is 40.1 Å². The van der Waals surface area contributed by atoms with E-state index in [2.05, 4.69) is 12.2 Å². The van der Waals surface area contributed by atoms with Gasteiger partial charge in [0.25, 0.3) is 0 Å². The van der Waals surface area contributed by atoms with Crippen LogP contribution in [0.15, 0.2) is 0 Å². The summed E-state index contributed by atoms with van der Waals surface area (Å²) in [6.45, 7) is 7.55. The third-order valence-corrected chi connectivity index (χ3v) is 3.09. The molecule has 4 heteroatoms. The highest BCUT2D eigenvalue weighted by Gasteiger charge is 2.14. The molecular weight excluding hydrogens is 218 g/mol. The van der Waals surface area contributed by atoms with Gasteiger partial charge in [-0.15, -0.1) is 0 Å². The van der Waals surface area contributed by atoms with E-state index in [1.165, 1.54) is 0 Å². The Labute approximate surface area is 105 Å². The lowest BCUT2D eigenvalue weighted by molar-refractivity contribution is -0.00436. The minimum atomic E-state index is 0.292. The van der Waals surface area contributed by atoms with E-state index in [1.807, 2.05) is 0 Å². The number of nitrogens with one attached hydrogen (secondary N) is 1. The molecule has 0 amide bonds. The molecule has 1 rings (SSSR count). The van der Waals surface area contributed by atoms with Crippen LogP contribution >= 0.6 is 0 Å². The van der Waals surface area contributed by atoms with Crippen LogP contribution < -0.4 is 5.32 Å². The average molecular weight is 245 g/mol. The maximum absolute atomic E-state index is 5.84. The monoisotopic (exact) mass is 245 g/mol. The smallest absolute Gasteiger partial charge is 0.0671 e. The SMILES string of the molecule is COCCCNCC(C)OCC1CCOCC1. The summed E-state index contributed by atoms with van der Waals surface area (Å²) >= 11 is 0. The molecule has 0 spiro atoms. The molecule has 0 saturated carbocycles. The molecule has 1 heterocycles. The predicted octanol–water partition coefficient (Wildman–Crippen LogP) is 1.44. The van der Waals surface area contributed by atoms with Gasteiger partial charge in [-0.25, -0.2) is 0 Å². The van der Waals surface area contributed by atoms with Crippen molar-refractivity contribution in [2.45, 2.75) is 32.3 Å². The lowest BCUT2D eigenvalue weighted by Gasteiger charge is -2.23. The van der Waals surface area contributed by atoms with Gasteiger partial charge >= 0.3 is 0 Å². The van der Waals surface area contributed by atoms with Gasteiger partial charge in [-0.05, 0) is 38.6 Å². The Hall–Kier alpha value is -0.160. The summed E-state index contributed by atoms with van der Waals surface area (Å²) in [6, 6.07) is 0. The summed E-state index contributed by atoms with van der Waals surface area (Å²) in [4.78, 5) is 0. The van der Waals surface area contributed by atoms with E-state index in [4.69, 9.17) is 14.2 Å². The fourth-order valence-electron chi connectivity index (χ4n) is 1.92. The third-order valence-electron chi connectivity index (χ3n) is 3.09. The summed E-state index contributed by atoms with van der Waals surface area (Å²) in [5.41, 5.74) is 0. The van der Waals surface area contributed by atoms with Gasteiger partial charge < -0.3 is 19.5 Å². The standard InChI is InChI=1S/C13H27NO3/c1-12(10-14-6-3-7-15-2)17-11-13-4-8-16-9-5-13/h12-14H,3-11H2,1-2H3. The maximum atomic E-state index is 5.84. The van der Waals surface area contributed by atoms with Crippen molar-refractivity contribution < 1.29 is 14.2 Å². The number of ether oxygens (including phenoxy) is 3. The van der Waals surface area contributed by atoms with Crippen LogP contribution in [0.25, 0.3) is 0 Å². The largest absolute Gasteiger partial charge is 0.385 e. The summed E-state index contributed by atoms with van der Waals surface area (Å²) in [5.74, 6) is 0.694. The Balaban J connectivity index is 1.91. The molecule has 17 heavy (non-hydrogen) atoms. The molecule has 1 aliphatic rings. The molecule has 1 N–H and O–H groups in total. The van der Waals surface area contributed by atoms with Crippen LogP contribution in [0, 0.1) is 5.92 Å². The fourth-order valence-corrected chi connectivity index (χ4v) is 1.92. The Morgan fingerprint density at radius 1 is 1.35 bits per heavy atom. The topological polar surface area (TPSA) is 39.7 Å². The zero-order valence-electron chi connectivity index (χ0n) is 11.2. The van der Waals surface area contributed by atoms with E-state index in [9.17, 15) is 0 Å². The molecule has 0 radical (unpaired) electrons. The summed E-state index contributed by atoms with van der Waals surface area (Å²) in [7, 11) is 1.74. The van der Waals surface area contributed by atoms with Crippen molar-refractivity contribution >= 4 is 0 Å². The molecule has 1 fully saturated rings. The molecule has 0 bridgehead atoms. The Bertz CT molecular complexity index is 172. The average Bonchev–Trinajstić information content (AvgIpc) is 2.37. The van der Waals surface area contributed by atoms with Gasteiger partial charge in [0.2, 0.25) is 0 Å². The number of rotatable bonds is 9. The fraction of sp³-hybridized carbons (Fsp3) is 1.00. The minimum Gasteiger partial charge on any atom is -0.385 e. The van der Waals surface area contributed by atoms with Crippen LogP contribution in [0.1, 0.15) is 26.2 Å². The minimum absolute atomic E-state index is 0.292. The third kappa shape index (κ3) is 7.71. The van der Waals surface area contributed by atoms with E-state index in [1.54, 1.807) is 7.11 Å². The quantitative estimate of drug-likeness (QED) is 0.624. The van der Waals surface area contributed by atoms with E-state index < -0.39 is 0 Å². The van der Waals surface area contributed by atoms with Crippen molar-refractivity contribution in [1.29, 1.82) is 0 Å². The van der Waals surface area contributed by atoms with Crippen LogP contribution in [-0.2, 0) is 14.2 Å². The molecule has 1 unspecified atom stereocenters. The van der Waals surface area contributed by atoms with Gasteiger partial charge in [-0.3, -0.25) is 0 Å². The second kappa shape index (κ2) is 9.83. The molecule has 1 saturated heterocycles. The summed E-state index contributed by atoms with van der Waals surface area (Å²) < 4.78 is 16.2. The molecule has 102 valence electrons. The zero-order valence-corrected chi connectivity index (χ0v) is 11.2. The summed E-state index contributed by atoms with van der Waals surface area (Å²) in [6.07, 6.45) is 3.64. The summed E-state index contributed by atoms with van der Waals surface area (Å²) in [5, 5.41) is 3.38. The van der Waals surface area contributed by atoms with Crippen molar-refractivity contribution in [3.8, 4) is 0 Å². The van der Waals surface area contributed by atoms with Crippen molar-refractivity contribution in [3.63, 3.8) is 0 Å². The molecule has 0 aromatic carbocycles. The van der Waals surface area contributed by atoms with Crippen molar-refractivity contribution in [2.75, 3.05) is 46.6 Å². The number of methoxy groups -OCH3 is 1. The molecule has 4 nitrogen and oxygen atoms in total. The highest BCUT2D eigenvalue weighted by atomic mass is 16.5.